The van der Waals surface area contributed by atoms with E-state index in [1.807, 2.05) is 23.9 Å². The van der Waals surface area contributed by atoms with E-state index in [-0.39, 0.29) is 0 Å². The lowest BCUT2D eigenvalue weighted by Gasteiger charge is -2.20. The van der Waals surface area contributed by atoms with Crippen molar-refractivity contribution in [3.05, 3.63) is 24.3 Å². The molecule has 3 heteroatoms. The smallest absolute Gasteiger partial charge is 0.118 e. The van der Waals surface area contributed by atoms with E-state index >= 15 is 0 Å². The largest absolute Gasteiger partial charge is 0.497 e. The van der Waals surface area contributed by atoms with Crippen LogP contribution in [-0.2, 0) is 0 Å². The Hall–Kier alpha value is -0.670. The fourth-order valence-corrected chi connectivity index (χ4v) is 2.53. The van der Waals surface area contributed by atoms with Gasteiger partial charge in [-0.15, -0.1) is 11.8 Å². The number of ether oxygens (including phenoxy) is 1. The van der Waals surface area contributed by atoms with Gasteiger partial charge < -0.3 is 10.1 Å². The Balaban J connectivity index is 2.46. The summed E-state index contributed by atoms with van der Waals surface area (Å²) in [7, 11) is 1.70. The minimum Gasteiger partial charge on any atom is -0.497 e. The highest BCUT2D eigenvalue weighted by molar-refractivity contribution is 8.00. The molecule has 1 N–H and O–H groups in total. The molecule has 0 radical (unpaired) electrons. The van der Waals surface area contributed by atoms with Gasteiger partial charge in [0.05, 0.1) is 7.11 Å². The van der Waals surface area contributed by atoms with Crippen LogP contribution in [-0.4, -0.2) is 24.9 Å². The van der Waals surface area contributed by atoms with Crippen molar-refractivity contribution in [2.75, 3.05) is 13.7 Å². The van der Waals surface area contributed by atoms with E-state index in [0.717, 1.165) is 12.3 Å². The molecule has 0 aromatic heterocycles. The second kappa shape index (κ2) is 7.62. The summed E-state index contributed by atoms with van der Waals surface area (Å²) in [6, 6.07) is 8.79. The zero-order chi connectivity index (χ0) is 12.7. The Morgan fingerprint density at radius 1 is 1.24 bits per heavy atom. The Morgan fingerprint density at radius 3 is 2.41 bits per heavy atom. The molecule has 0 amide bonds. The number of thioether (sulfide) groups is 1. The molecule has 1 aromatic rings. The third-order valence-corrected chi connectivity index (χ3v) is 4.13. The van der Waals surface area contributed by atoms with Gasteiger partial charge in [-0.05, 0) is 44.2 Å². The number of rotatable bonds is 7. The zero-order valence-electron chi connectivity index (χ0n) is 11.2. The van der Waals surface area contributed by atoms with Crippen molar-refractivity contribution < 1.29 is 4.74 Å². The van der Waals surface area contributed by atoms with Gasteiger partial charge in [0.25, 0.3) is 0 Å². The van der Waals surface area contributed by atoms with Crippen LogP contribution < -0.4 is 10.1 Å². The van der Waals surface area contributed by atoms with Crippen molar-refractivity contribution in [2.24, 2.45) is 0 Å². The standard InChI is InChI=1S/C14H23NOS/c1-5-10-15-11(2)12(3)17-14-8-6-13(16-4)7-9-14/h6-9,11-12,15H,5,10H2,1-4H3. The molecule has 0 aliphatic carbocycles. The van der Waals surface area contributed by atoms with E-state index in [2.05, 4.69) is 38.2 Å². The lowest BCUT2D eigenvalue weighted by atomic mass is 10.2. The fraction of sp³-hybridized carbons (Fsp3) is 0.571. The normalized spacial score (nSPS) is 14.4. The summed E-state index contributed by atoms with van der Waals surface area (Å²) in [5.74, 6) is 0.916. The molecule has 0 aliphatic rings. The van der Waals surface area contributed by atoms with Gasteiger partial charge in [0, 0.05) is 16.2 Å². The maximum absolute atomic E-state index is 5.15. The molecule has 0 bridgehead atoms. The molecule has 0 aliphatic heterocycles. The highest BCUT2D eigenvalue weighted by Gasteiger charge is 2.12. The van der Waals surface area contributed by atoms with E-state index in [9.17, 15) is 0 Å². The van der Waals surface area contributed by atoms with Gasteiger partial charge in [-0.2, -0.15) is 0 Å². The van der Waals surface area contributed by atoms with Gasteiger partial charge in [-0.3, -0.25) is 0 Å². The Labute approximate surface area is 109 Å². The molecule has 0 saturated carbocycles. The summed E-state index contributed by atoms with van der Waals surface area (Å²) in [4.78, 5) is 1.29. The molecule has 0 saturated heterocycles. The van der Waals surface area contributed by atoms with Crippen LogP contribution in [0.3, 0.4) is 0 Å². The maximum atomic E-state index is 5.15. The minimum atomic E-state index is 0.530. The first-order chi connectivity index (χ1) is 8.17. The minimum absolute atomic E-state index is 0.530. The number of benzene rings is 1. The van der Waals surface area contributed by atoms with Crippen LogP contribution in [0.1, 0.15) is 27.2 Å². The van der Waals surface area contributed by atoms with Gasteiger partial charge in [-0.25, -0.2) is 0 Å². The lowest BCUT2D eigenvalue weighted by molar-refractivity contribution is 0.414. The summed E-state index contributed by atoms with van der Waals surface area (Å²) >= 11 is 1.90. The van der Waals surface area contributed by atoms with Crippen LogP contribution in [0.4, 0.5) is 0 Å². The molecule has 2 atom stereocenters. The SMILES string of the molecule is CCCNC(C)C(C)Sc1ccc(OC)cc1. The van der Waals surface area contributed by atoms with Gasteiger partial charge in [0.15, 0.2) is 0 Å². The summed E-state index contributed by atoms with van der Waals surface area (Å²) < 4.78 is 5.15. The Kier molecular flexibility index (Phi) is 6.45. The Morgan fingerprint density at radius 2 is 1.88 bits per heavy atom. The van der Waals surface area contributed by atoms with Crippen molar-refractivity contribution in [2.45, 2.75) is 43.4 Å². The molecule has 1 rings (SSSR count). The highest BCUT2D eigenvalue weighted by Crippen LogP contribution is 2.26. The molecular weight excluding hydrogens is 230 g/mol. The van der Waals surface area contributed by atoms with Crippen molar-refractivity contribution in [1.29, 1.82) is 0 Å². The van der Waals surface area contributed by atoms with Crippen LogP contribution in [0.2, 0.25) is 0 Å². The van der Waals surface area contributed by atoms with Crippen molar-refractivity contribution in [3.63, 3.8) is 0 Å². The topological polar surface area (TPSA) is 21.3 Å². The summed E-state index contributed by atoms with van der Waals surface area (Å²) in [5, 5.41) is 4.09. The quantitative estimate of drug-likeness (QED) is 0.751. The molecule has 0 heterocycles. The maximum Gasteiger partial charge on any atom is 0.118 e. The average molecular weight is 253 g/mol. The van der Waals surface area contributed by atoms with Crippen molar-refractivity contribution in [1.82, 2.24) is 5.32 Å². The lowest BCUT2D eigenvalue weighted by Crippen LogP contribution is -2.34. The van der Waals surface area contributed by atoms with Crippen LogP contribution in [0.25, 0.3) is 0 Å². The summed E-state index contributed by atoms with van der Waals surface area (Å²) in [6.07, 6.45) is 1.18. The van der Waals surface area contributed by atoms with Crippen molar-refractivity contribution >= 4 is 11.8 Å². The monoisotopic (exact) mass is 253 g/mol. The van der Waals surface area contributed by atoms with E-state index in [0.29, 0.717) is 11.3 Å². The average Bonchev–Trinajstić information content (AvgIpc) is 2.36. The third-order valence-electron chi connectivity index (χ3n) is 2.80. The number of nitrogens with one attached hydrogen (secondary N) is 1. The molecule has 0 spiro atoms. The number of hydrogen-bond donors (Lipinski definition) is 1. The summed E-state index contributed by atoms with van der Waals surface area (Å²) in [6.45, 7) is 7.80. The van der Waals surface area contributed by atoms with E-state index in [1.165, 1.54) is 11.3 Å². The van der Waals surface area contributed by atoms with Gasteiger partial charge in [-0.1, -0.05) is 13.8 Å². The fourth-order valence-electron chi connectivity index (χ4n) is 1.51. The van der Waals surface area contributed by atoms with E-state index < -0.39 is 0 Å². The zero-order valence-corrected chi connectivity index (χ0v) is 12.0. The molecule has 0 fully saturated rings. The number of hydrogen-bond acceptors (Lipinski definition) is 3. The van der Waals surface area contributed by atoms with E-state index in [1.54, 1.807) is 7.11 Å². The van der Waals surface area contributed by atoms with Crippen LogP contribution >= 0.6 is 11.8 Å². The molecule has 2 unspecified atom stereocenters. The third kappa shape index (κ3) is 5.00. The first-order valence-electron chi connectivity index (χ1n) is 6.21. The first-order valence-corrected chi connectivity index (χ1v) is 7.09. The van der Waals surface area contributed by atoms with Crippen molar-refractivity contribution in [3.8, 4) is 5.75 Å². The predicted octanol–water partition coefficient (Wildman–Crippen LogP) is 3.56. The van der Waals surface area contributed by atoms with Gasteiger partial charge >= 0.3 is 0 Å². The number of methoxy groups -OCH3 is 1. The molecule has 2 nitrogen and oxygen atoms in total. The molecular formula is C14H23NOS. The second-order valence-corrected chi connectivity index (χ2v) is 5.69. The summed E-state index contributed by atoms with van der Waals surface area (Å²) in [5.41, 5.74) is 0. The molecule has 17 heavy (non-hydrogen) atoms. The predicted molar refractivity (Wildman–Crippen MR) is 76.1 cm³/mol. The highest BCUT2D eigenvalue weighted by atomic mass is 32.2. The Bertz CT molecular complexity index is 313. The van der Waals surface area contributed by atoms with Gasteiger partial charge in [0.2, 0.25) is 0 Å². The van der Waals surface area contributed by atoms with Gasteiger partial charge in [0.1, 0.15) is 5.75 Å². The van der Waals surface area contributed by atoms with E-state index in [4.69, 9.17) is 4.74 Å². The van der Waals surface area contributed by atoms with Crippen LogP contribution in [0.5, 0.6) is 5.75 Å². The van der Waals surface area contributed by atoms with Crippen LogP contribution in [0.15, 0.2) is 29.2 Å². The second-order valence-electron chi connectivity index (χ2n) is 4.24. The molecule has 1 aromatic carbocycles. The first kappa shape index (κ1) is 14.4. The van der Waals surface area contributed by atoms with Crippen LogP contribution in [0, 0.1) is 0 Å². The molecule has 96 valence electrons.